The van der Waals surface area contributed by atoms with Gasteiger partial charge in [0.25, 0.3) is 5.91 Å². The summed E-state index contributed by atoms with van der Waals surface area (Å²) in [6.07, 6.45) is 2.52. The molecule has 0 aromatic carbocycles. The fourth-order valence-corrected chi connectivity index (χ4v) is 1.28. The van der Waals surface area contributed by atoms with Crippen LogP contribution < -0.4 is 5.32 Å². The first kappa shape index (κ1) is 17.8. The Bertz CT molecular complexity index is 426. The van der Waals surface area contributed by atoms with Gasteiger partial charge in [0.15, 0.2) is 0 Å². The number of pyridine rings is 1. The van der Waals surface area contributed by atoms with E-state index in [1.165, 1.54) is 6.20 Å². The number of likely N-dealkylation sites (N-methyl/N-ethyl adjacent to an activating group) is 1. The molecule has 19 heavy (non-hydrogen) atoms. The number of rotatable bonds is 5. The lowest BCUT2D eigenvalue weighted by atomic mass is 10.2. The second-order valence-corrected chi connectivity index (χ2v) is 4.98. The molecule has 1 aromatic rings. The van der Waals surface area contributed by atoms with E-state index in [1.807, 2.05) is 0 Å². The zero-order valence-corrected chi connectivity index (χ0v) is 13.6. The number of nitrogens with one attached hydrogen (secondary N) is 1. The van der Waals surface area contributed by atoms with Crippen LogP contribution in [0.1, 0.15) is 16.1 Å². The van der Waals surface area contributed by atoms with Gasteiger partial charge in [-0.05, 0) is 12.1 Å². The molecule has 0 aliphatic heterocycles. The average molecular weight is 378 g/mol. The second kappa shape index (κ2) is 8.05. The highest BCUT2D eigenvalue weighted by atomic mass is 127. The highest BCUT2D eigenvalue weighted by Crippen LogP contribution is 1.99. The lowest BCUT2D eigenvalue weighted by Gasteiger charge is -2.23. The van der Waals surface area contributed by atoms with Crippen LogP contribution in [0, 0.1) is 5.21 Å². The third-order valence-electron chi connectivity index (χ3n) is 2.30. The number of aromatic nitrogens is 1. The molecule has 6 nitrogen and oxygen atoms in total. The number of nitrogens with zero attached hydrogens (tertiary/aromatic N) is 3. The van der Waals surface area contributed by atoms with Gasteiger partial charge in [-0.1, -0.05) is 0 Å². The summed E-state index contributed by atoms with van der Waals surface area (Å²) in [7, 11) is 6.18. The molecule has 0 aliphatic carbocycles. The predicted molar refractivity (Wildman–Crippen MR) is 85.8 cm³/mol. The van der Waals surface area contributed by atoms with Gasteiger partial charge in [0.1, 0.15) is 0 Å². The lowest BCUT2D eigenvalue weighted by molar-refractivity contribution is -0.869. The van der Waals surface area contributed by atoms with Crippen molar-refractivity contribution in [2.75, 3.05) is 34.2 Å². The molecule has 1 aromatic heterocycles. The molecule has 0 bridgehead atoms. The standard InChI is InChI=1S/C12H18N4O2.HI/c1-16(2,3)7-6-13-12(17)10-4-5-11(9-15-18)14-8-10;/h4-5,8-9H,6-7H2,1-3H3,(H-,13,14,17,18);1H. The number of amides is 1. The van der Waals surface area contributed by atoms with Gasteiger partial charge in [-0.2, -0.15) is 0 Å². The van der Waals surface area contributed by atoms with E-state index in [1.54, 1.807) is 12.1 Å². The highest BCUT2D eigenvalue weighted by molar-refractivity contribution is 14.0. The maximum Gasteiger partial charge on any atom is 0.253 e. The van der Waals surface area contributed by atoms with E-state index in [9.17, 15) is 10.0 Å². The van der Waals surface area contributed by atoms with Crippen molar-refractivity contribution in [1.82, 2.24) is 10.3 Å². The average Bonchev–Trinajstić information content (AvgIpc) is 2.28. The maximum atomic E-state index is 11.7. The van der Waals surface area contributed by atoms with Crippen LogP contribution in [0.5, 0.6) is 0 Å². The smallest absolute Gasteiger partial charge is 0.253 e. The summed E-state index contributed by atoms with van der Waals surface area (Å²) in [5.74, 6) is -0.165. The van der Waals surface area contributed by atoms with Gasteiger partial charge in [-0.25, -0.2) is 0 Å². The summed E-state index contributed by atoms with van der Waals surface area (Å²) in [5.41, 5.74) is 0.910. The highest BCUT2D eigenvalue weighted by Gasteiger charge is 2.09. The molecule has 106 valence electrons. The van der Waals surface area contributed by atoms with E-state index in [0.29, 0.717) is 17.8 Å². The number of carbonyl (C=O) groups is 1. The second-order valence-electron chi connectivity index (χ2n) is 4.98. The molecule has 0 atom stereocenters. The molecule has 0 fully saturated rings. The van der Waals surface area contributed by atoms with Crippen LogP contribution in [0.2, 0.25) is 0 Å². The lowest BCUT2D eigenvalue weighted by Crippen LogP contribution is -2.41. The van der Waals surface area contributed by atoms with E-state index in [4.69, 9.17) is 0 Å². The summed E-state index contributed by atoms with van der Waals surface area (Å²) < 4.78 is 0.789. The Hall–Kier alpha value is -1.22. The monoisotopic (exact) mass is 378 g/mol. The van der Waals surface area contributed by atoms with Gasteiger partial charge < -0.3 is 20.2 Å². The molecule has 0 spiro atoms. The van der Waals surface area contributed by atoms with E-state index in [0.717, 1.165) is 17.2 Å². The third-order valence-corrected chi connectivity index (χ3v) is 2.30. The van der Waals surface area contributed by atoms with E-state index in [2.05, 4.69) is 36.6 Å². The topological polar surface area (TPSA) is 77.4 Å². The summed E-state index contributed by atoms with van der Waals surface area (Å²) in [6.45, 7) is 1.45. The fraction of sp³-hybridized carbons (Fsp3) is 0.417. The number of hydrogen-bond acceptors (Lipinski definition) is 4. The van der Waals surface area contributed by atoms with Gasteiger partial charge in [0.05, 0.1) is 45.5 Å². The minimum absolute atomic E-state index is 0. The van der Waals surface area contributed by atoms with Crippen LogP contribution in [0.3, 0.4) is 0 Å². The minimum Gasteiger partial charge on any atom is -0.792 e. The minimum atomic E-state index is -0.165. The SMILES string of the molecule is C[N+](C)(C)CCNC(=O)c1ccc(/C=N/[O-])nc1.I. The molecule has 0 saturated carbocycles. The molecule has 7 heteroatoms. The summed E-state index contributed by atoms with van der Waals surface area (Å²) in [6, 6.07) is 3.20. The Labute approximate surface area is 130 Å². The van der Waals surface area contributed by atoms with Gasteiger partial charge in [0, 0.05) is 12.4 Å². The fourth-order valence-electron chi connectivity index (χ4n) is 1.28. The molecule has 1 heterocycles. The Morgan fingerprint density at radius 3 is 2.63 bits per heavy atom. The first-order valence-corrected chi connectivity index (χ1v) is 5.63. The van der Waals surface area contributed by atoms with Crippen LogP contribution in [0.25, 0.3) is 0 Å². The molecule has 0 saturated heterocycles. The molecule has 1 amide bonds. The quantitative estimate of drug-likeness (QED) is 0.360. The zero-order valence-electron chi connectivity index (χ0n) is 11.3. The van der Waals surface area contributed by atoms with Crippen LogP contribution in [0.15, 0.2) is 23.5 Å². The van der Waals surface area contributed by atoms with Crippen molar-refractivity contribution in [3.8, 4) is 0 Å². The molecule has 1 rings (SSSR count). The van der Waals surface area contributed by atoms with Crippen molar-refractivity contribution in [3.05, 3.63) is 34.8 Å². The van der Waals surface area contributed by atoms with Crippen molar-refractivity contribution < 1.29 is 9.28 Å². The Morgan fingerprint density at radius 2 is 2.16 bits per heavy atom. The Balaban J connectivity index is 0.00000324. The number of quaternary nitrogens is 1. The number of carbonyl (C=O) groups excluding carboxylic acids is 1. The summed E-state index contributed by atoms with van der Waals surface area (Å²) >= 11 is 0. The van der Waals surface area contributed by atoms with Crippen molar-refractivity contribution in [3.63, 3.8) is 0 Å². The van der Waals surface area contributed by atoms with Crippen LogP contribution in [0.4, 0.5) is 0 Å². The van der Waals surface area contributed by atoms with Gasteiger partial charge in [-0.3, -0.25) is 9.78 Å². The van der Waals surface area contributed by atoms with E-state index >= 15 is 0 Å². The summed E-state index contributed by atoms with van der Waals surface area (Å²) in [4.78, 5) is 15.7. The van der Waals surface area contributed by atoms with Gasteiger partial charge in [-0.15, -0.1) is 24.0 Å². The number of halogens is 1. The molecular weight excluding hydrogens is 359 g/mol. The molecular formula is C12H19IN4O2. The van der Waals surface area contributed by atoms with Crippen molar-refractivity contribution >= 4 is 36.1 Å². The van der Waals surface area contributed by atoms with E-state index in [-0.39, 0.29) is 29.9 Å². The normalized spacial score (nSPS) is 11.1. The van der Waals surface area contributed by atoms with Crippen LogP contribution in [-0.4, -0.2) is 55.8 Å². The predicted octanol–water partition coefficient (Wildman–Crippen LogP) is 1.05. The molecule has 0 unspecified atom stereocenters. The van der Waals surface area contributed by atoms with Crippen LogP contribution >= 0.6 is 24.0 Å². The van der Waals surface area contributed by atoms with Gasteiger partial charge in [0.2, 0.25) is 0 Å². The number of hydrogen-bond donors (Lipinski definition) is 1. The Kier molecular flexibility index (Phi) is 7.53. The van der Waals surface area contributed by atoms with Crippen molar-refractivity contribution in [2.45, 2.75) is 0 Å². The van der Waals surface area contributed by atoms with Crippen molar-refractivity contribution in [1.29, 1.82) is 0 Å². The molecule has 0 radical (unpaired) electrons. The van der Waals surface area contributed by atoms with Crippen molar-refractivity contribution in [2.24, 2.45) is 5.16 Å². The Morgan fingerprint density at radius 1 is 1.47 bits per heavy atom. The van der Waals surface area contributed by atoms with Gasteiger partial charge >= 0.3 is 0 Å². The summed E-state index contributed by atoms with van der Waals surface area (Å²) in [5, 5.41) is 15.4. The first-order chi connectivity index (χ1) is 8.42. The first-order valence-electron chi connectivity index (χ1n) is 5.63. The third kappa shape index (κ3) is 7.06. The van der Waals surface area contributed by atoms with E-state index < -0.39 is 0 Å². The molecule has 0 aliphatic rings. The molecule has 1 N–H and O–H groups in total. The largest absolute Gasteiger partial charge is 0.792 e. The maximum absolute atomic E-state index is 11.7. The van der Waals surface area contributed by atoms with Crippen LogP contribution in [-0.2, 0) is 0 Å². The zero-order chi connectivity index (χ0) is 13.6.